The van der Waals surface area contributed by atoms with Gasteiger partial charge in [0.05, 0.1) is 6.61 Å². The predicted molar refractivity (Wildman–Crippen MR) is 80.0 cm³/mol. The van der Waals surface area contributed by atoms with Crippen LogP contribution in [-0.2, 0) is 0 Å². The standard InChI is InChI=1S/C16H24N2O2/c1-2-3-11-20-15-8-6-13(7-9-15)16(19)18-10-4-5-14(18)12-17/h6-9,14H,2-5,10-12,17H2,1H3. The van der Waals surface area contributed by atoms with Gasteiger partial charge in [0, 0.05) is 24.7 Å². The number of hydrogen-bond donors (Lipinski definition) is 1. The number of carbonyl (C=O) groups is 1. The third kappa shape index (κ3) is 3.51. The number of likely N-dealkylation sites (tertiary alicyclic amines) is 1. The lowest BCUT2D eigenvalue weighted by Gasteiger charge is -2.23. The minimum atomic E-state index is 0.0815. The number of carbonyl (C=O) groups excluding carboxylic acids is 1. The van der Waals surface area contributed by atoms with Crippen LogP contribution in [0.15, 0.2) is 24.3 Å². The van der Waals surface area contributed by atoms with Crippen LogP contribution in [0.2, 0.25) is 0 Å². The molecule has 20 heavy (non-hydrogen) atoms. The predicted octanol–water partition coefficient (Wildman–Crippen LogP) is 2.43. The van der Waals surface area contributed by atoms with E-state index in [9.17, 15) is 4.79 Å². The number of nitrogens with zero attached hydrogens (tertiary/aromatic N) is 1. The second kappa shape index (κ2) is 7.29. The Kier molecular flexibility index (Phi) is 5.41. The molecule has 1 aromatic rings. The zero-order valence-corrected chi connectivity index (χ0v) is 12.2. The van der Waals surface area contributed by atoms with E-state index < -0.39 is 0 Å². The minimum Gasteiger partial charge on any atom is -0.494 e. The summed E-state index contributed by atoms with van der Waals surface area (Å²) in [6, 6.07) is 7.63. The highest BCUT2D eigenvalue weighted by atomic mass is 16.5. The summed E-state index contributed by atoms with van der Waals surface area (Å²) in [4.78, 5) is 14.3. The summed E-state index contributed by atoms with van der Waals surface area (Å²) in [6.07, 6.45) is 4.23. The van der Waals surface area contributed by atoms with Crippen LogP contribution in [0.25, 0.3) is 0 Å². The maximum Gasteiger partial charge on any atom is 0.254 e. The molecule has 4 heteroatoms. The first kappa shape index (κ1) is 14.9. The van der Waals surface area contributed by atoms with E-state index in [4.69, 9.17) is 10.5 Å². The van der Waals surface area contributed by atoms with E-state index in [1.807, 2.05) is 29.2 Å². The summed E-state index contributed by atoms with van der Waals surface area (Å²) in [5.41, 5.74) is 6.43. The van der Waals surface area contributed by atoms with Gasteiger partial charge in [-0.1, -0.05) is 13.3 Å². The fourth-order valence-corrected chi connectivity index (χ4v) is 2.54. The molecule has 0 spiro atoms. The Balaban J connectivity index is 1.96. The summed E-state index contributed by atoms with van der Waals surface area (Å²) in [5, 5.41) is 0. The van der Waals surface area contributed by atoms with E-state index in [1.54, 1.807) is 0 Å². The number of rotatable bonds is 6. The Morgan fingerprint density at radius 3 is 2.80 bits per heavy atom. The van der Waals surface area contributed by atoms with E-state index in [0.29, 0.717) is 12.1 Å². The van der Waals surface area contributed by atoms with Gasteiger partial charge < -0.3 is 15.4 Å². The van der Waals surface area contributed by atoms with Gasteiger partial charge in [0.1, 0.15) is 5.75 Å². The van der Waals surface area contributed by atoms with Crippen LogP contribution in [0.3, 0.4) is 0 Å². The molecule has 1 heterocycles. The van der Waals surface area contributed by atoms with Gasteiger partial charge in [-0.15, -0.1) is 0 Å². The first-order valence-corrected chi connectivity index (χ1v) is 7.50. The number of nitrogens with two attached hydrogens (primary N) is 1. The SMILES string of the molecule is CCCCOc1ccc(C(=O)N2CCCC2CN)cc1. The molecule has 110 valence electrons. The molecular weight excluding hydrogens is 252 g/mol. The van der Waals surface area contributed by atoms with Crippen LogP contribution in [0.1, 0.15) is 43.0 Å². The largest absolute Gasteiger partial charge is 0.494 e. The van der Waals surface area contributed by atoms with Crippen molar-refractivity contribution in [3.8, 4) is 5.75 Å². The molecule has 0 aliphatic carbocycles. The van der Waals surface area contributed by atoms with Crippen molar-refractivity contribution < 1.29 is 9.53 Å². The molecule has 1 fully saturated rings. The smallest absolute Gasteiger partial charge is 0.254 e. The summed E-state index contributed by atoms with van der Waals surface area (Å²) in [5.74, 6) is 0.907. The van der Waals surface area contributed by atoms with Crippen molar-refractivity contribution in [1.29, 1.82) is 0 Å². The number of ether oxygens (including phenoxy) is 1. The average Bonchev–Trinajstić information content (AvgIpc) is 2.96. The number of benzene rings is 1. The molecule has 1 amide bonds. The van der Waals surface area contributed by atoms with E-state index in [0.717, 1.165) is 44.6 Å². The molecule has 2 rings (SSSR count). The Morgan fingerprint density at radius 2 is 2.15 bits per heavy atom. The summed E-state index contributed by atoms with van der Waals surface area (Å²) in [6.45, 7) is 4.22. The second-order valence-corrected chi connectivity index (χ2v) is 5.26. The first-order valence-electron chi connectivity index (χ1n) is 7.50. The maximum atomic E-state index is 12.4. The van der Waals surface area contributed by atoms with Gasteiger partial charge in [-0.2, -0.15) is 0 Å². The lowest BCUT2D eigenvalue weighted by molar-refractivity contribution is 0.0741. The highest BCUT2D eigenvalue weighted by Crippen LogP contribution is 2.20. The van der Waals surface area contributed by atoms with Crippen molar-refractivity contribution in [2.75, 3.05) is 19.7 Å². The molecule has 0 saturated carbocycles. The molecule has 1 atom stereocenters. The van der Waals surface area contributed by atoms with Gasteiger partial charge >= 0.3 is 0 Å². The Labute approximate surface area is 120 Å². The van der Waals surface area contributed by atoms with E-state index in [2.05, 4.69) is 6.92 Å². The van der Waals surface area contributed by atoms with Crippen molar-refractivity contribution in [1.82, 2.24) is 4.90 Å². The summed E-state index contributed by atoms with van der Waals surface area (Å²) >= 11 is 0. The number of hydrogen-bond acceptors (Lipinski definition) is 3. The highest BCUT2D eigenvalue weighted by molar-refractivity contribution is 5.94. The molecule has 1 aromatic carbocycles. The van der Waals surface area contributed by atoms with Crippen molar-refractivity contribution in [2.45, 2.75) is 38.6 Å². The Hall–Kier alpha value is -1.55. The van der Waals surface area contributed by atoms with Crippen molar-refractivity contribution in [3.63, 3.8) is 0 Å². The van der Waals surface area contributed by atoms with Gasteiger partial charge in [-0.25, -0.2) is 0 Å². The number of unbranched alkanes of at least 4 members (excludes halogenated alkanes) is 1. The highest BCUT2D eigenvalue weighted by Gasteiger charge is 2.28. The topological polar surface area (TPSA) is 55.6 Å². The molecule has 1 aliphatic rings. The molecular formula is C16H24N2O2. The van der Waals surface area contributed by atoms with Crippen LogP contribution < -0.4 is 10.5 Å². The molecule has 1 saturated heterocycles. The molecule has 2 N–H and O–H groups in total. The van der Waals surface area contributed by atoms with E-state index in [-0.39, 0.29) is 11.9 Å². The zero-order valence-electron chi connectivity index (χ0n) is 12.2. The quantitative estimate of drug-likeness (QED) is 0.812. The summed E-state index contributed by atoms with van der Waals surface area (Å²) in [7, 11) is 0. The van der Waals surface area contributed by atoms with Gasteiger partial charge in [0.15, 0.2) is 0 Å². The minimum absolute atomic E-state index is 0.0815. The lowest BCUT2D eigenvalue weighted by Crippen LogP contribution is -2.39. The lowest BCUT2D eigenvalue weighted by atomic mass is 10.1. The maximum absolute atomic E-state index is 12.4. The first-order chi connectivity index (χ1) is 9.76. The Morgan fingerprint density at radius 1 is 1.40 bits per heavy atom. The van der Waals surface area contributed by atoms with Gasteiger partial charge in [0.25, 0.3) is 5.91 Å². The van der Waals surface area contributed by atoms with Gasteiger partial charge in [0.2, 0.25) is 0 Å². The fraction of sp³-hybridized carbons (Fsp3) is 0.562. The van der Waals surface area contributed by atoms with Crippen LogP contribution in [-0.4, -0.2) is 36.5 Å². The fourth-order valence-electron chi connectivity index (χ4n) is 2.54. The molecule has 4 nitrogen and oxygen atoms in total. The van der Waals surface area contributed by atoms with Gasteiger partial charge in [-0.05, 0) is 43.5 Å². The molecule has 0 bridgehead atoms. The summed E-state index contributed by atoms with van der Waals surface area (Å²) < 4.78 is 5.60. The molecule has 1 unspecified atom stereocenters. The molecule has 1 aliphatic heterocycles. The van der Waals surface area contributed by atoms with Crippen LogP contribution in [0, 0.1) is 0 Å². The van der Waals surface area contributed by atoms with E-state index >= 15 is 0 Å². The third-order valence-corrected chi connectivity index (χ3v) is 3.78. The zero-order chi connectivity index (χ0) is 14.4. The van der Waals surface area contributed by atoms with Crippen LogP contribution in [0.5, 0.6) is 5.75 Å². The average molecular weight is 276 g/mol. The molecule has 0 radical (unpaired) electrons. The van der Waals surface area contributed by atoms with Crippen LogP contribution >= 0.6 is 0 Å². The van der Waals surface area contributed by atoms with Crippen LogP contribution in [0.4, 0.5) is 0 Å². The van der Waals surface area contributed by atoms with E-state index in [1.165, 1.54) is 0 Å². The normalized spacial score (nSPS) is 18.3. The third-order valence-electron chi connectivity index (χ3n) is 3.78. The second-order valence-electron chi connectivity index (χ2n) is 5.26. The molecule has 0 aromatic heterocycles. The van der Waals surface area contributed by atoms with Crippen molar-refractivity contribution >= 4 is 5.91 Å². The monoisotopic (exact) mass is 276 g/mol. The van der Waals surface area contributed by atoms with Gasteiger partial charge in [-0.3, -0.25) is 4.79 Å². The van der Waals surface area contributed by atoms with Crippen molar-refractivity contribution in [3.05, 3.63) is 29.8 Å². The van der Waals surface area contributed by atoms with Crippen molar-refractivity contribution in [2.24, 2.45) is 5.73 Å². The Bertz CT molecular complexity index is 431. The number of amides is 1.